The van der Waals surface area contributed by atoms with Gasteiger partial charge in [0.05, 0.1) is 23.4 Å². The van der Waals surface area contributed by atoms with Gasteiger partial charge in [-0.05, 0) is 55.2 Å². The number of anilines is 2. The van der Waals surface area contributed by atoms with Crippen LogP contribution < -0.4 is 10.6 Å². The van der Waals surface area contributed by atoms with Gasteiger partial charge < -0.3 is 10.6 Å². The van der Waals surface area contributed by atoms with Crippen molar-refractivity contribution in [3.8, 4) is 17.2 Å². The van der Waals surface area contributed by atoms with Crippen LogP contribution in [-0.4, -0.2) is 17.3 Å². The molecule has 0 spiro atoms. The van der Waals surface area contributed by atoms with Gasteiger partial charge in [0.1, 0.15) is 0 Å². The summed E-state index contributed by atoms with van der Waals surface area (Å²) < 4.78 is 25.4. The average Bonchev–Trinajstić information content (AvgIpc) is 2.76. The van der Waals surface area contributed by atoms with Gasteiger partial charge in [-0.3, -0.25) is 4.79 Å². The van der Waals surface area contributed by atoms with Gasteiger partial charge >= 0.3 is 6.43 Å². The Kier molecular flexibility index (Phi) is 6.61. The first kappa shape index (κ1) is 21.9. The monoisotopic (exact) mass is 420 g/mol. The van der Waals surface area contributed by atoms with E-state index in [0.29, 0.717) is 16.9 Å². The normalized spacial score (nSPS) is 11.6. The number of pyridine rings is 1. The van der Waals surface area contributed by atoms with E-state index in [1.54, 1.807) is 25.3 Å². The molecule has 1 amide bonds. The van der Waals surface area contributed by atoms with Crippen LogP contribution in [0.2, 0.25) is 0 Å². The molecule has 0 saturated heterocycles. The molecule has 1 unspecified atom stereocenters. The molecule has 7 heteroatoms. The highest BCUT2D eigenvalue weighted by atomic mass is 19.3. The van der Waals surface area contributed by atoms with Crippen molar-refractivity contribution in [1.82, 2.24) is 4.98 Å². The Labute approximate surface area is 179 Å². The van der Waals surface area contributed by atoms with Gasteiger partial charge in [-0.1, -0.05) is 42.0 Å². The minimum absolute atomic E-state index is 0.210. The number of hydrogen-bond acceptors (Lipinski definition) is 4. The summed E-state index contributed by atoms with van der Waals surface area (Å²) >= 11 is 0. The molecule has 0 aliphatic heterocycles. The first-order valence-corrected chi connectivity index (χ1v) is 9.72. The Morgan fingerprint density at radius 2 is 1.81 bits per heavy atom. The smallest absolute Gasteiger partial charge is 0.315 e. The SMILES string of the molecule is Cc1ccc(C#N)c(-c2ccc(C(C)Nc3nccc(C)c3NC(=O)C(F)F)cc2)c1. The van der Waals surface area contributed by atoms with E-state index in [9.17, 15) is 18.8 Å². The van der Waals surface area contributed by atoms with Crippen molar-refractivity contribution in [2.75, 3.05) is 10.6 Å². The molecule has 3 rings (SSSR count). The second-order valence-corrected chi connectivity index (χ2v) is 7.29. The maximum atomic E-state index is 12.7. The lowest BCUT2D eigenvalue weighted by atomic mass is 9.96. The molecule has 5 nitrogen and oxygen atoms in total. The number of hydrogen-bond donors (Lipinski definition) is 2. The lowest BCUT2D eigenvalue weighted by Gasteiger charge is -2.19. The summed E-state index contributed by atoms with van der Waals surface area (Å²) in [5, 5.41) is 14.8. The number of nitriles is 1. The van der Waals surface area contributed by atoms with E-state index in [1.165, 1.54) is 0 Å². The van der Waals surface area contributed by atoms with Crippen LogP contribution >= 0.6 is 0 Å². The van der Waals surface area contributed by atoms with Crippen molar-refractivity contribution >= 4 is 17.4 Å². The summed E-state index contributed by atoms with van der Waals surface area (Å²) in [7, 11) is 0. The Morgan fingerprint density at radius 3 is 2.45 bits per heavy atom. The van der Waals surface area contributed by atoms with Gasteiger partial charge in [-0.25, -0.2) is 4.98 Å². The second-order valence-electron chi connectivity index (χ2n) is 7.29. The minimum atomic E-state index is -3.11. The summed E-state index contributed by atoms with van der Waals surface area (Å²) in [4.78, 5) is 15.7. The molecular formula is C24H22F2N4O. The van der Waals surface area contributed by atoms with Crippen LogP contribution in [0.5, 0.6) is 0 Å². The van der Waals surface area contributed by atoms with E-state index in [2.05, 4.69) is 21.7 Å². The summed E-state index contributed by atoms with van der Waals surface area (Å²) in [5.74, 6) is -1.06. The predicted octanol–water partition coefficient (Wildman–Crippen LogP) is 5.61. The molecule has 1 atom stereocenters. The zero-order chi connectivity index (χ0) is 22.5. The fraction of sp³-hybridized carbons (Fsp3) is 0.208. The van der Waals surface area contributed by atoms with Crippen molar-refractivity contribution in [1.29, 1.82) is 5.26 Å². The third kappa shape index (κ3) is 5.04. The zero-order valence-electron chi connectivity index (χ0n) is 17.4. The van der Waals surface area contributed by atoms with E-state index >= 15 is 0 Å². The van der Waals surface area contributed by atoms with Crippen molar-refractivity contribution in [2.45, 2.75) is 33.2 Å². The third-order valence-electron chi connectivity index (χ3n) is 4.98. The highest BCUT2D eigenvalue weighted by Crippen LogP contribution is 2.30. The molecule has 2 aromatic carbocycles. The van der Waals surface area contributed by atoms with Gasteiger partial charge in [0, 0.05) is 6.20 Å². The number of aromatic nitrogens is 1. The summed E-state index contributed by atoms with van der Waals surface area (Å²) in [5.41, 5.74) is 5.25. The van der Waals surface area contributed by atoms with Crippen molar-refractivity contribution in [3.05, 3.63) is 77.0 Å². The van der Waals surface area contributed by atoms with E-state index < -0.39 is 12.3 Å². The van der Waals surface area contributed by atoms with Crippen LogP contribution in [0.25, 0.3) is 11.1 Å². The summed E-state index contributed by atoms with van der Waals surface area (Å²) in [6.07, 6.45) is -1.57. The molecule has 1 aromatic heterocycles. The molecule has 1 heterocycles. The Balaban J connectivity index is 1.84. The zero-order valence-corrected chi connectivity index (χ0v) is 17.4. The number of alkyl halides is 2. The topological polar surface area (TPSA) is 77.8 Å². The molecule has 0 radical (unpaired) electrons. The lowest BCUT2D eigenvalue weighted by molar-refractivity contribution is -0.126. The Bertz CT molecular complexity index is 1140. The quantitative estimate of drug-likeness (QED) is 0.543. The van der Waals surface area contributed by atoms with Crippen LogP contribution in [-0.2, 0) is 4.79 Å². The fourth-order valence-electron chi connectivity index (χ4n) is 3.24. The largest absolute Gasteiger partial charge is 0.362 e. The Hall–Kier alpha value is -3.79. The van der Waals surface area contributed by atoms with Crippen molar-refractivity contribution < 1.29 is 13.6 Å². The first-order valence-electron chi connectivity index (χ1n) is 9.72. The van der Waals surface area contributed by atoms with E-state index in [-0.39, 0.29) is 11.7 Å². The van der Waals surface area contributed by atoms with Gasteiger partial charge in [0.15, 0.2) is 5.82 Å². The van der Waals surface area contributed by atoms with Crippen LogP contribution in [0.4, 0.5) is 20.3 Å². The molecule has 0 aliphatic rings. The molecule has 0 bridgehead atoms. The third-order valence-corrected chi connectivity index (χ3v) is 4.98. The lowest BCUT2D eigenvalue weighted by Crippen LogP contribution is -2.22. The van der Waals surface area contributed by atoms with Crippen molar-refractivity contribution in [3.63, 3.8) is 0 Å². The second kappa shape index (κ2) is 9.35. The minimum Gasteiger partial charge on any atom is -0.362 e. The van der Waals surface area contributed by atoms with Crippen LogP contribution in [0.3, 0.4) is 0 Å². The maximum absolute atomic E-state index is 12.7. The fourth-order valence-corrected chi connectivity index (χ4v) is 3.24. The number of halogens is 2. The molecule has 0 aliphatic carbocycles. The highest BCUT2D eigenvalue weighted by Gasteiger charge is 2.19. The van der Waals surface area contributed by atoms with Crippen LogP contribution in [0.1, 0.15) is 35.2 Å². The highest BCUT2D eigenvalue weighted by molar-refractivity contribution is 5.96. The predicted molar refractivity (Wildman–Crippen MR) is 117 cm³/mol. The number of aryl methyl sites for hydroxylation is 2. The summed E-state index contributed by atoms with van der Waals surface area (Å²) in [6.45, 7) is 5.59. The molecule has 158 valence electrons. The van der Waals surface area contributed by atoms with E-state index in [0.717, 1.165) is 22.3 Å². The number of carbonyl (C=O) groups excluding carboxylic acids is 1. The number of nitrogens with one attached hydrogen (secondary N) is 2. The number of benzene rings is 2. The molecule has 2 N–H and O–H groups in total. The van der Waals surface area contributed by atoms with E-state index in [4.69, 9.17) is 0 Å². The molecule has 0 fully saturated rings. The summed E-state index contributed by atoms with van der Waals surface area (Å²) in [6, 6.07) is 17.1. The van der Waals surface area contributed by atoms with Crippen LogP contribution in [0.15, 0.2) is 54.7 Å². The average molecular weight is 420 g/mol. The Morgan fingerprint density at radius 1 is 1.10 bits per heavy atom. The van der Waals surface area contributed by atoms with Gasteiger partial charge in [-0.2, -0.15) is 14.0 Å². The van der Waals surface area contributed by atoms with Crippen molar-refractivity contribution in [2.24, 2.45) is 0 Å². The molecule has 0 saturated carbocycles. The van der Waals surface area contributed by atoms with Crippen LogP contribution in [0, 0.1) is 25.2 Å². The molecule has 31 heavy (non-hydrogen) atoms. The number of rotatable bonds is 6. The van der Waals surface area contributed by atoms with Gasteiger partial charge in [-0.15, -0.1) is 0 Å². The number of nitrogens with zero attached hydrogens (tertiary/aromatic N) is 2. The van der Waals surface area contributed by atoms with Gasteiger partial charge in [0.25, 0.3) is 5.91 Å². The number of amides is 1. The maximum Gasteiger partial charge on any atom is 0.315 e. The number of carbonyl (C=O) groups is 1. The van der Waals surface area contributed by atoms with Gasteiger partial charge in [0.2, 0.25) is 0 Å². The molecule has 3 aromatic rings. The first-order chi connectivity index (χ1) is 14.8. The van der Waals surface area contributed by atoms with E-state index in [1.807, 2.05) is 50.2 Å². The standard InChI is InChI=1S/C24H22F2N4O/c1-14-4-5-19(13-27)20(12-14)18-8-6-17(7-9-18)16(3)29-23-21(15(2)10-11-28-23)30-24(31)22(25)26/h4-12,16,22H,1-3H3,(H,28,29)(H,30,31). The molecular weight excluding hydrogens is 398 g/mol.